The fourth-order valence-electron chi connectivity index (χ4n) is 2.16. The Morgan fingerprint density at radius 2 is 1.83 bits per heavy atom. The van der Waals surface area contributed by atoms with Gasteiger partial charge in [0.15, 0.2) is 6.29 Å². The van der Waals surface area contributed by atoms with Gasteiger partial charge in [-0.2, -0.15) is 0 Å². The lowest BCUT2D eigenvalue weighted by atomic mass is 9.98. The van der Waals surface area contributed by atoms with E-state index in [0.717, 1.165) is 18.8 Å². The Kier molecular flexibility index (Phi) is 3.78. The molecule has 0 radical (unpaired) electrons. The van der Waals surface area contributed by atoms with Gasteiger partial charge in [-0.3, -0.25) is 10.1 Å². The predicted octanol–water partition coefficient (Wildman–Crippen LogP) is 1.65. The zero-order chi connectivity index (χ0) is 13.1. The van der Waals surface area contributed by atoms with Crippen molar-refractivity contribution in [1.29, 1.82) is 0 Å². The third-order valence-corrected chi connectivity index (χ3v) is 3.18. The lowest BCUT2D eigenvalue weighted by Gasteiger charge is -2.43. The third-order valence-electron chi connectivity index (χ3n) is 3.18. The highest BCUT2D eigenvalue weighted by Crippen LogP contribution is 2.29. The van der Waals surface area contributed by atoms with E-state index in [4.69, 9.17) is 9.47 Å². The van der Waals surface area contributed by atoms with Crippen LogP contribution in [0, 0.1) is 16.0 Å². The molecule has 0 N–H and O–H groups in total. The topological polar surface area (TPSA) is 64.8 Å². The van der Waals surface area contributed by atoms with E-state index < -0.39 is 4.92 Å². The second-order valence-electron chi connectivity index (χ2n) is 4.28. The highest BCUT2D eigenvalue weighted by Gasteiger charge is 2.34. The minimum atomic E-state index is -0.394. The van der Waals surface area contributed by atoms with Gasteiger partial charge in [-0.15, -0.1) is 0 Å². The van der Waals surface area contributed by atoms with Crippen molar-refractivity contribution in [3.63, 3.8) is 0 Å². The molecule has 0 saturated carbocycles. The summed E-state index contributed by atoms with van der Waals surface area (Å²) >= 11 is 0. The van der Waals surface area contributed by atoms with Crippen LogP contribution in [-0.4, -0.2) is 38.5 Å². The molecule has 0 atom stereocenters. The zero-order valence-electron chi connectivity index (χ0n) is 10.4. The van der Waals surface area contributed by atoms with Crippen molar-refractivity contribution in [3.05, 3.63) is 34.4 Å². The van der Waals surface area contributed by atoms with Crippen LogP contribution in [0.3, 0.4) is 0 Å². The van der Waals surface area contributed by atoms with Gasteiger partial charge < -0.3 is 14.4 Å². The molecule has 18 heavy (non-hydrogen) atoms. The average molecular weight is 252 g/mol. The van der Waals surface area contributed by atoms with Crippen molar-refractivity contribution in [1.82, 2.24) is 0 Å². The Balaban J connectivity index is 1.94. The first-order valence-electron chi connectivity index (χ1n) is 5.70. The highest BCUT2D eigenvalue weighted by molar-refractivity contribution is 5.52. The standard InChI is InChI=1S/C12H16N2O4/c1-17-12(18-2)9-7-13(8-9)10-3-5-11(6-4-10)14(15)16/h3-6,9,12H,7-8H2,1-2H3. The SMILES string of the molecule is COC(OC)C1CN(c2ccc([N+](=O)[O-])cc2)C1. The molecule has 1 fully saturated rings. The summed E-state index contributed by atoms with van der Waals surface area (Å²) < 4.78 is 10.4. The van der Waals surface area contributed by atoms with Gasteiger partial charge in [-0.1, -0.05) is 0 Å². The van der Waals surface area contributed by atoms with Gasteiger partial charge in [0.25, 0.3) is 5.69 Å². The number of nitrogens with zero attached hydrogens (tertiary/aromatic N) is 2. The number of ether oxygens (including phenoxy) is 2. The Bertz CT molecular complexity index is 411. The third kappa shape index (κ3) is 2.44. The molecular formula is C12H16N2O4. The molecule has 0 spiro atoms. The number of benzene rings is 1. The molecule has 2 rings (SSSR count). The second-order valence-corrected chi connectivity index (χ2v) is 4.28. The maximum Gasteiger partial charge on any atom is 0.269 e. The molecule has 1 saturated heterocycles. The number of hydrogen-bond acceptors (Lipinski definition) is 5. The van der Waals surface area contributed by atoms with Crippen molar-refractivity contribution >= 4 is 11.4 Å². The molecule has 0 aliphatic carbocycles. The minimum absolute atomic E-state index is 0.113. The Labute approximate surface area is 105 Å². The van der Waals surface area contributed by atoms with Crippen LogP contribution in [-0.2, 0) is 9.47 Å². The largest absolute Gasteiger partial charge is 0.370 e. The Hall–Kier alpha value is -1.66. The first-order chi connectivity index (χ1) is 8.65. The van der Waals surface area contributed by atoms with Crippen LogP contribution in [0.5, 0.6) is 0 Å². The first kappa shape index (κ1) is 12.8. The number of non-ortho nitro benzene ring substituents is 1. The predicted molar refractivity (Wildman–Crippen MR) is 66.6 cm³/mol. The van der Waals surface area contributed by atoms with Crippen LogP contribution < -0.4 is 4.90 Å². The molecule has 1 aromatic rings. The molecule has 1 heterocycles. The highest BCUT2D eigenvalue weighted by atomic mass is 16.7. The average Bonchev–Trinajstić information content (AvgIpc) is 2.33. The summed E-state index contributed by atoms with van der Waals surface area (Å²) in [6.45, 7) is 1.67. The number of anilines is 1. The number of nitro benzene ring substituents is 1. The fraction of sp³-hybridized carbons (Fsp3) is 0.500. The fourth-order valence-corrected chi connectivity index (χ4v) is 2.16. The van der Waals surface area contributed by atoms with Crippen LogP contribution in [0.4, 0.5) is 11.4 Å². The number of hydrogen-bond donors (Lipinski definition) is 0. The smallest absolute Gasteiger partial charge is 0.269 e. The lowest BCUT2D eigenvalue weighted by molar-refractivity contribution is -0.384. The van der Waals surface area contributed by atoms with Crippen LogP contribution in [0.15, 0.2) is 24.3 Å². The maximum atomic E-state index is 10.5. The molecule has 1 aromatic carbocycles. The van der Waals surface area contributed by atoms with E-state index in [1.807, 2.05) is 0 Å². The van der Waals surface area contributed by atoms with Crippen LogP contribution in [0.25, 0.3) is 0 Å². The van der Waals surface area contributed by atoms with E-state index in [2.05, 4.69) is 4.90 Å². The molecule has 98 valence electrons. The van der Waals surface area contributed by atoms with Crippen molar-refractivity contribution in [3.8, 4) is 0 Å². The first-order valence-corrected chi connectivity index (χ1v) is 5.70. The van der Waals surface area contributed by atoms with E-state index in [9.17, 15) is 10.1 Å². The van der Waals surface area contributed by atoms with Gasteiger partial charge in [0, 0.05) is 51.0 Å². The Morgan fingerprint density at radius 1 is 1.28 bits per heavy atom. The van der Waals surface area contributed by atoms with Crippen molar-refractivity contribution in [2.75, 3.05) is 32.2 Å². The van der Waals surface area contributed by atoms with E-state index >= 15 is 0 Å². The summed E-state index contributed by atoms with van der Waals surface area (Å²) in [5.41, 5.74) is 1.10. The van der Waals surface area contributed by atoms with Gasteiger partial charge in [-0.05, 0) is 12.1 Å². The number of rotatable bonds is 5. The molecule has 1 aliphatic heterocycles. The summed E-state index contributed by atoms with van der Waals surface area (Å²) in [7, 11) is 3.26. The quantitative estimate of drug-likeness (QED) is 0.453. The lowest BCUT2D eigenvalue weighted by Crippen LogP contribution is -2.53. The number of nitro groups is 1. The number of methoxy groups -OCH3 is 2. The van der Waals surface area contributed by atoms with Gasteiger partial charge in [0.2, 0.25) is 0 Å². The molecule has 6 nitrogen and oxygen atoms in total. The van der Waals surface area contributed by atoms with Crippen LogP contribution in [0.2, 0.25) is 0 Å². The summed E-state index contributed by atoms with van der Waals surface area (Å²) in [5.74, 6) is 0.343. The monoisotopic (exact) mass is 252 g/mol. The molecule has 0 bridgehead atoms. The van der Waals surface area contributed by atoms with Crippen molar-refractivity contribution in [2.45, 2.75) is 6.29 Å². The van der Waals surface area contributed by atoms with Gasteiger partial charge in [0.1, 0.15) is 0 Å². The normalized spacial score (nSPS) is 15.8. The maximum absolute atomic E-state index is 10.5. The van der Waals surface area contributed by atoms with Gasteiger partial charge in [-0.25, -0.2) is 0 Å². The summed E-state index contributed by atoms with van der Waals surface area (Å²) in [6, 6.07) is 6.57. The van der Waals surface area contributed by atoms with Crippen LogP contribution in [0.1, 0.15) is 0 Å². The van der Waals surface area contributed by atoms with E-state index in [1.54, 1.807) is 26.4 Å². The Morgan fingerprint density at radius 3 is 2.28 bits per heavy atom. The van der Waals surface area contributed by atoms with Crippen LogP contribution >= 0.6 is 0 Å². The molecule has 0 aromatic heterocycles. The summed E-state index contributed by atoms with van der Waals surface area (Å²) in [5, 5.41) is 10.5. The summed E-state index contributed by atoms with van der Waals surface area (Å²) in [4.78, 5) is 12.3. The minimum Gasteiger partial charge on any atom is -0.370 e. The van der Waals surface area contributed by atoms with Crippen molar-refractivity contribution < 1.29 is 14.4 Å². The summed E-state index contributed by atoms with van der Waals surface area (Å²) in [6.07, 6.45) is -0.181. The molecule has 6 heteroatoms. The van der Waals surface area contributed by atoms with Gasteiger partial charge >= 0.3 is 0 Å². The molecular weight excluding hydrogens is 236 g/mol. The molecule has 1 aliphatic rings. The molecule has 0 unspecified atom stereocenters. The zero-order valence-corrected chi connectivity index (χ0v) is 10.4. The van der Waals surface area contributed by atoms with E-state index in [-0.39, 0.29) is 12.0 Å². The van der Waals surface area contributed by atoms with E-state index in [0.29, 0.717) is 5.92 Å². The van der Waals surface area contributed by atoms with Crippen molar-refractivity contribution in [2.24, 2.45) is 5.92 Å². The molecule has 0 amide bonds. The second kappa shape index (κ2) is 5.32. The van der Waals surface area contributed by atoms with Gasteiger partial charge in [0.05, 0.1) is 4.92 Å². The van der Waals surface area contributed by atoms with E-state index in [1.165, 1.54) is 12.1 Å².